The third kappa shape index (κ3) is 6.65. The number of nitrogens with zero attached hydrogens (tertiary/aromatic N) is 1. The highest BCUT2D eigenvalue weighted by molar-refractivity contribution is 7.99. The van der Waals surface area contributed by atoms with Gasteiger partial charge in [-0.15, -0.1) is 23.5 Å². The number of hydrogen-bond donors (Lipinski definition) is 1. The van der Waals surface area contributed by atoms with E-state index in [1.165, 1.54) is 12.1 Å². The van der Waals surface area contributed by atoms with Crippen LogP contribution in [0.3, 0.4) is 0 Å². The molecule has 0 fully saturated rings. The number of thioether (sulfide) groups is 2. The smallest absolute Gasteiger partial charge is 0.252 e. The lowest BCUT2D eigenvalue weighted by Crippen LogP contribution is -2.25. The number of amides is 1. The number of carbonyl (C=O) groups excluding carboxylic acids is 1. The molecular formula is C24H21FN2OS2. The molecule has 0 radical (unpaired) electrons. The molecule has 0 atom stereocenters. The zero-order valence-electron chi connectivity index (χ0n) is 16.3. The van der Waals surface area contributed by atoms with Crippen LogP contribution in [0.2, 0.25) is 0 Å². The Kier molecular flexibility index (Phi) is 8.37. The fourth-order valence-corrected chi connectivity index (χ4v) is 4.57. The number of carbonyl (C=O) groups is 1. The number of rotatable bonds is 9. The van der Waals surface area contributed by atoms with Crippen LogP contribution in [0.25, 0.3) is 0 Å². The molecular weight excluding hydrogens is 415 g/mol. The second-order valence-electron chi connectivity index (χ2n) is 6.51. The monoisotopic (exact) mass is 436 g/mol. The van der Waals surface area contributed by atoms with Gasteiger partial charge >= 0.3 is 0 Å². The second kappa shape index (κ2) is 11.4. The van der Waals surface area contributed by atoms with Crippen molar-refractivity contribution in [1.82, 2.24) is 5.32 Å². The highest BCUT2D eigenvalue weighted by atomic mass is 32.2. The average Bonchev–Trinajstić information content (AvgIpc) is 2.79. The van der Waals surface area contributed by atoms with Gasteiger partial charge in [0.25, 0.3) is 5.91 Å². The maximum absolute atomic E-state index is 12.9. The molecule has 3 nitrogen and oxygen atoms in total. The highest BCUT2D eigenvalue weighted by Crippen LogP contribution is 2.26. The number of halogens is 1. The third-order valence-electron chi connectivity index (χ3n) is 4.30. The molecule has 1 amide bonds. The minimum atomic E-state index is -0.234. The average molecular weight is 437 g/mol. The quantitative estimate of drug-likeness (QED) is 0.335. The van der Waals surface area contributed by atoms with Crippen molar-refractivity contribution in [2.75, 3.05) is 12.3 Å². The third-order valence-corrected chi connectivity index (χ3v) is 6.54. The van der Waals surface area contributed by atoms with Gasteiger partial charge in [0.15, 0.2) is 0 Å². The summed E-state index contributed by atoms with van der Waals surface area (Å²) < 4.78 is 12.9. The summed E-state index contributed by atoms with van der Waals surface area (Å²) in [4.78, 5) is 14.6. The summed E-state index contributed by atoms with van der Waals surface area (Å²) in [5.41, 5.74) is 2.41. The molecule has 0 bridgehead atoms. The molecule has 0 saturated carbocycles. The van der Waals surface area contributed by atoms with Gasteiger partial charge in [-0.25, -0.2) is 4.39 Å². The van der Waals surface area contributed by atoms with Crippen LogP contribution in [0, 0.1) is 17.1 Å². The van der Waals surface area contributed by atoms with Gasteiger partial charge in [-0.05, 0) is 66.3 Å². The summed E-state index contributed by atoms with van der Waals surface area (Å²) in [6, 6.07) is 23.6. The molecule has 0 spiro atoms. The summed E-state index contributed by atoms with van der Waals surface area (Å²) in [6.45, 7) is 0.585. The molecule has 1 N–H and O–H groups in total. The van der Waals surface area contributed by atoms with Crippen molar-refractivity contribution >= 4 is 29.4 Å². The Labute approximate surface area is 184 Å². The number of nitrogens with one attached hydrogen (secondary N) is 1. The predicted octanol–water partition coefficient (Wildman–Crippen LogP) is 5.90. The molecule has 3 rings (SSSR count). The van der Waals surface area contributed by atoms with Gasteiger partial charge in [-0.2, -0.15) is 5.26 Å². The summed E-state index contributed by atoms with van der Waals surface area (Å²) in [6.07, 6.45) is 0.828. The predicted molar refractivity (Wildman–Crippen MR) is 121 cm³/mol. The minimum Gasteiger partial charge on any atom is -0.352 e. The van der Waals surface area contributed by atoms with Crippen molar-refractivity contribution in [3.63, 3.8) is 0 Å². The summed E-state index contributed by atoms with van der Waals surface area (Å²) in [5, 5.41) is 11.9. The first kappa shape index (κ1) is 21.9. The summed E-state index contributed by atoms with van der Waals surface area (Å²) >= 11 is 3.25. The number of hydrogen-bond acceptors (Lipinski definition) is 4. The molecule has 0 heterocycles. The van der Waals surface area contributed by atoms with E-state index >= 15 is 0 Å². The maximum atomic E-state index is 12.9. The van der Waals surface area contributed by atoms with Crippen LogP contribution in [0.4, 0.5) is 4.39 Å². The van der Waals surface area contributed by atoms with Crippen LogP contribution in [0.5, 0.6) is 0 Å². The van der Waals surface area contributed by atoms with E-state index in [0.29, 0.717) is 17.7 Å². The van der Waals surface area contributed by atoms with Crippen LogP contribution in [-0.4, -0.2) is 18.2 Å². The Hall–Kier alpha value is -2.75. The Morgan fingerprint density at radius 3 is 2.43 bits per heavy atom. The van der Waals surface area contributed by atoms with Gasteiger partial charge < -0.3 is 5.32 Å². The van der Waals surface area contributed by atoms with E-state index < -0.39 is 0 Å². The van der Waals surface area contributed by atoms with E-state index in [-0.39, 0.29) is 11.7 Å². The Morgan fingerprint density at radius 2 is 1.70 bits per heavy atom. The van der Waals surface area contributed by atoms with Crippen LogP contribution in [-0.2, 0) is 5.75 Å². The topological polar surface area (TPSA) is 52.9 Å². The van der Waals surface area contributed by atoms with Crippen molar-refractivity contribution in [3.05, 3.63) is 95.3 Å². The first-order valence-corrected chi connectivity index (χ1v) is 11.5. The molecule has 0 unspecified atom stereocenters. The first-order valence-electron chi connectivity index (χ1n) is 9.53. The lowest BCUT2D eigenvalue weighted by Gasteiger charge is -2.10. The highest BCUT2D eigenvalue weighted by Gasteiger charge is 2.11. The lowest BCUT2D eigenvalue weighted by molar-refractivity contribution is 0.0951. The van der Waals surface area contributed by atoms with Crippen LogP contribution >= 0.6 is 23.5 Å². The zero-order chi connectivity index (χ0) is 21.2. The van der Waals surface area contributed by atoms with Gasteiger partial charge in [-0.1, -0.05) is 24.3 Å². The van der Waals surface area contributed by atoms with Crippen molar-refractivity contribution in [1.29, 1.82) is 5.26 Å². The fraction of sp³-hybridized carbons (Fsp3) is 0.167. The normalized spacial score (nSPS) is 10.4. The van der Waals surface area contributed by atoms with Gasteiger partial charge in [-0.3, -0.25) is 4.79 Å². The number of benzene rings is 3. The molecule has 0 aliphatic carbocycles. The van der Waals surface area contributed by atoms with E-state index in [0.717, 1.165) is 33.3 Å². The Morgan fingerprint density at radius 1 is 0.967 bits per heavy atom. The molecule has 30 heavy (non-hydrogen) atoms. The SMILES string of the molecule is N#Cc1ccc(CSc2ccccc2C(=O)NCCCSc2ccc(F)cc2)cc1. The van der Waals surface area contributed by atoms with E-state index in [2.05, 4.69) is 11.4 Å². The molecule has 0 aromatic heterocycles. The van der Waals surface area contributed by atoms with Gasteiger partial charge in [0.1, 0.15) is 5.82 Å². The molecule has 0 aliphatic heterocycles. The molecule has 0 saturated heterocycles. The maximum Gasteiger partial charge on any atom is 0.252 e. The first-order chi connectivity index (χ1) is 14.7. The summed E-state index contributed by atoms with van der Waals surface area (Å²) in [7, 11) is 0. The van der Waals surface area contributed by atoms with E-state index in [1.54, 1.807) is 47.8 Å². The second-order valence-corrected chi connectivity index (χ2v) is 8.69. The van der Waals surface area contributed by atoms with Crippen LogP contribution < -0.4 is 5.32 Å². The van der Waals surface area contributed by atoms with Crippen molar-refractivity contribution in [2.45, 2.75) is 22.0 Å². The Balaban J connectivity index is 1.47. The zero-order valence-corrected chi connectivity index (χ0v) is 17.9. The molecule has 152 valence electrons. The molecule has 0 aliphatic rings. The lowest BCUT2D eigenvalue weighted by atomic mass is 10.2. The van der Waals surface area contributed by atoms with Crippen LogP contribution in [0.15, 0.2) is 82.6 Å². The van der Waals surface area contributed by atoms with Gasteiger partial charge in [0.05, 0.1) is 17.2 Å². The van der Waals surface area contributed by atoms with Gasteiger partial charge in [0, 0.05) is 22.1 Å². The fourth-order valence-electron chi connectivity index (χ4n) is 2.71. The Bertz CT molecular complexity index is 1010. The van der Waals surface area contributed by atoms with Crippen LogP contribution in [0.1, 0.15) is 27.9 Å². The largest absolute Gasteiger partial charge is 0.352 e. The van der Waals surface area contributed by atoms with Crippen molar-refractivity contribution < 1.29 is 9.18 Å². The van der Waals surface area contributed by atoms with E-state index in [4.69, 9.17) is 5.26 Å². The van der Waals surface area contributed by atoms with E-state index in [1.807, 2.05) is 36.4 Å². The number of nitriles is 1. The van der Waals surface area contributed by atoms with Gasteiger partial charge in [0.2, 0.25) is 0 Å². The van der Waals surface area contributed by atoms with E-state index in [9.17, 15) is 9.18 Å². The molecule has 6 heteroatoms. The van der Waals surface area contributed by atoms with Crippen molar-refractivity contribution in [2.24, 2.45) is 0 Å². The molecule has 3 aromatic rings. The standard InChI is InChI=1S/C24H21FN2OS2/c25-20-10-12-21(13-11-20)29-15-3-14-27-24(28)22-4-1-2-5-23(22)30-17-19-8-6-18(16-26)7-9-19/h1-2,4-13H,3,14-15,17H2,(H,27,28). The van der Waals surface area contributed by atoms with Crippen molar-refractivity contribution in [3.8, 4) is 6.07 Å². The minimum absolute atomic E-state index is 0.0790. The summed E-state index contributed by atoms with van der Waals surface area (Å²) in [5.74, 6) is 1.26. The molecule has 3 aromatic carbocycles.